The first-order valence-electron chi connectivity index (χ1n) is 9.64. The van der Waals surface area contributed by atoms with Gasteiger partial charge in [-0.3, -0.25) is 4.79 Å². The quantitative estimate of drug-likeness (QED) is 0.614. The van der Waals surface area contributed by atoms with Crippen molar-refractivity contribution in [2.75, 3.05) is 13.2 Å². The molecule has 150 valence electrons. The number of aryl methyl sites for hydroxylation is 2. The zero-order chi connectivity index (χ0) is 20.5. The molecule has 0 atom stereocenters. The van der Waals surface area contributed by atoms with Crippen LogP contribution in [0.2, 0.25) is 5.02 Å². The summed E-state index contributed by atoms with van der Waals surface area (Å²) in [7, 11) is 0. The number of hydrogen-bond acceptors (Lipinski definition) is 4. The number of nitrogens with zero attached hydrogens (tertiary/aromatic N) is 2. The molecule has 1 aliphatic heterocycles. The number of aromatic nitrogens is 1. The van der Waals surface area contributed by atoms with E-state index in [0.29, 0.717) is 30.3 Å². The fraction of sp³-hybridized carbons (Fsp3) is 0.304. The van der Waals surface area contributed by atoms with Gasteiger partial charge in [0.25, 0.3) is 5.91 Å². The van der Waals surface area contributed by atoms with Crippen molar-refractivity contribution in [2.24, 2.45) is 0 Å². The van der Waals surface area contributed by atoms with Crippen molar-refractivity contribution in [3.8, 4) is 17.1 Å². The van der Waals surface area contributed by atoms with Crippen LogP contribution in [-0.4, -0.2) is 29.1 Å². The first-order valence-corrected chi connectivity index (χ1v) is 10.0. The molecule has 6 heteroatoms. The maximum atomic E-state index is 12.8. The number of halogens is 1. The van der Waals surface area contributed by atoms with Gasteiger partial charge in [0.15, 0.2) is 12.4 Å². The summed E-state index contributed by atoms with van der Waals surface area (Å²) in [4.78, 5) is 14.6. The molecule has 5 nitrogen and oxygen atoms in total. The molecular formula is C23H23ClN2O3. The first kappa shape index (κ1) is 19.5. The van der Waals surface area contributed by atoms with Crippen LogP contribution in [0.1, 0.15) is 27.9 Å². The van der Waals surface area contributed by atoms with Crippen LogP contribution in [0, 0.1) is 20.8 Å². The normalized spacial score (nSPS) is 13.3. The number of carbonyl (C=O) groups excluding carboxylic acids is 1. The summed E-state index contributed by atoms with van der Waals surface area (Å²) in [5, 5.41) is 4.86. The Labute approximate surface area is 175 Å². The molecule has 2 heterocycles. The number of benzene rings is 2. The van der Waals surface area contributed by atoms with Gasteiger partial charge >= 0.3 is 0 Å². The van der Waals surface area contributed by atoms with Crippen LogP contribution >= 0.6 is 11.6 Å². The number of ether oxygens (including phenoxy) is 1. The molecule has 0 radical (unpaired) electrons. The highest BCUT2D eigenvalue weighted by Crippen LogP contribution is 2.31. The molecule has 4 rings (SSSR count). The van der Waals surface area contributed by atoms with E-state index >= 15 is 0 Å². The van der Waals surface area contributed by atoms with Gasteiger partial charge in [-0.05, 0) is 61.7 Å². The number of fused-ring (bicyclic) bond motifs is 1. The lowest BCUT2D eigenvalue weighted by Gasteiger charge is -2.26. The molecule has 0 aliphatic carbocycles. The SMILES string of the molecule is Cc1ccc(C)c(OCC(=O)N2CCc3noc(-c4ccc(Cl)cc4)c3C2)c1C. The van der Waals surface area contributed by atoms with E-state index in [4.69, 9.17) is 20.9 Å². The number of hydrogen-bond donors (Lipinski definition) is 0. The van der Waals surface area contributed by atoms with Gasteiger partial charge in [-0.2, -0.15) is 0 Å². The fourth-order valence-electron chi connectivity index (χ4n) is 3.63. The Balaban J connectivity index is 1.49. The van der Waals surface area contributed by atoms with E-state index in [0.717, 1.165) is 39.3 Å². The highest BCUT2D eigenvalue weighted by atomic mass is 35.5. The molecule has 0 fully saturated rings. The maximum Gasteiger partial charge on any atom is 0.260 e. The fourth-order valence-corrected chi connectivity index (χ4v) is 3.75. The summed E-state index contributed by atoms with van der Waals surface area (Å²) >= 11 is 5.99. The topological polar surface area (TPSA) is 55.6 Å². The lowest BCUT2D eigenvalue weighted by Crippen LogP contribution is -2.38. The zero-order valence-electron chi connectivity index (χ0n) is 16.8. The minimum atomic E-state index is -0.0424. The van der Waals surface area contributed by atoms with Gasteiger partial charge < -0.3 is 14.2 Å². The van der Waals surface area contributed by atoms with Gasteiger partial charge in [-0.25, -0.2) is 0 Å². The van der Waals surface area contributed by atoms with E-state index in [-0.39, 0.29) is 12.5 Å². The van der Waals surface area contributed by atoms with Crippen molar-refractivity contribution >= 4 is 17.5 Å². The summed E-state index contributed by atoms with van der Waals surface area (Å²) < 4.78 is 11.5. The third kappa shape index (κ3) is 3.87. The highest BCUT2D eigenvalue weighted by Gasteiger charge is 2.27. The number of carbonyl (C=O) groups is 1. The second-order valence-corrected chi connectivity index (χ2v) is 7.89. The highest BCUT2D eigenvalue weighted by molar-refractivity contribution is 6.30. The van der Waals surface area contributed by atoms with Crippen LogP contribution in [-0.2, 0) is 17.8 Å². The molecule has 0 saturated carbocycles. The van der Waals surface area contributed by atoms with Gasteiger partial charge in [0.05, 0.1) is 12.2 Å². The van der Waals surface area contributed by atoms with Gasteiger partial charge in [-0.15, -0.1) is 0 Å². The van der Waals surface area contributed by atoms with Crippen molar-refractivity contribution in [1.82, 2.24) is 10.1 Å². The van der Waals surface area contributed by atoms with E-state index in [1.807, 2.05) is 51.1 Å². The third-order valence-electron chi connectivity index (χ3n) is 5.51. The molecule has 29 heavy (non-hydrogen) atoms. The predicted octanol–water partition coefficient (Wildman–Crippen LogP) is 4.88. The molecular weight excluding hydrogens is 388 g/mol. The lowest BCUT2D eigenvalue weighted by molar-refractivity contribution is -0.134. The van der Waals surface area contributed by atoms with E-state index in [9.17, 15) is 4.79 Å². The summed E-state index contributed by atoms with van der Waals surface area (Å²) in [6.45, 7) is 7.14. The van der Waals surface area contributed by atoms with Crippen molar-refractivity contribution in [3.05, 3.63) is 69.4 Å². The van der Waals surface area contributed by atoms with Gasteiger partial charge in [0.1, 0.15) is 5.75 Å². The van der Waals surface area contributed by atoms with Crippen LogP contribution in [0.4, 0.5) is 0 Å². The largest absolute Gasteiger partial charge is 0.483 e. The standard InChI is InChI=1S/C23H23ClN2O3/c1-14-4-5-15(2)22(16(14)3)28-13-21(27)26-11-10-20-19(12-26)23(29-25-20)17-6-8-18(24)9-7-17/h4-9H,10-13H2,1-3H3. The Hall–Kier alpha value is -2.79. The second-order valence-electron chi connectivity index (χ2n) is 7.45. The Morgan fingerprint density at radius 3 is 2.62 bits per heavy atom. The Bertz CT molecular complexity index is 1060. The Kier molecular flexibility index (Phi) is 5.33. The molecule has 0 saturated heterocycles. The Morgan fingerprint density at radius 2 is 1.86 bits per heavy atom. The molecule has 1 amide bonds. The first-order chi connectivity index (χ1) is 13.9. The monoisotopic (exact) mass is 410 g/mol. The third-order valence-corrected chi connectivity index (χ3v) is 5.76. The van der Waals surface area contributed by atoms with E-state index in [1.54, 1.807) is 4.90 Å². The van der Waals surface area contributed by atoms with Crippen LogP contribution in [0.25, 0.3) is 11.3 Å². The zero-order valence-corrected chi connectivity index (χ0v) is 17.5. The number of rotatable bonds is 4. The number of amides is 1. The van der Waals surface area contributed by atoms with Gasteiger partial charge in [0.2, 0.25) is 0 Å². The van der Waals surface area contributed by atoms with Crippen LogP contribution in [0.3, 0.4) is 0 Å². The molecule has 2 aromatic carbocycles. The molecule has 0 spiro atoms. The van der Waals surface area contributed by atoms with Gasteiger partial charge in [0, 0.05) is 29.1 Å². The van der Waals surface area contributed by atoms with Crippen molar-refractivity contribution in [1.29, 1.82) is 0 Å². The van der Waals surface area contributed by atoms with Crippen LogP contribution in [0.5, 0.6) is 5.75 Å². The van der Waals surface area contributed by atoms with E-state index in [1.165, 1.54) is 0 Å². The second kappa shape index (κ2) is 7.91. The maximum absolute atomic E-state index is 12.8. The molecule has 3 aromatic rings. The van der Waals surface area contributed by atoms with E-state index in [2.05, 4.69) is 11.2 Å². The van der Waals surface area contributed by atoms with Crippen molar-refractivity contribution in [3.63, 3.8) is 0 Å². The van der Waals surface area contributed by atoms with Crippen molar-refractivity contribution in [2.45, 2.75) is 33.7 Å². The predicted molar refractivity (Wildman–Crippen MR) is 112 cm³/mol. The van der Waals surface area contributed by atoms with Gasteiger partial charge in [-0.1, -0.05) is 28.9 Å². The Morgan fingerprint density at radius 1 is 1.14 bits per heavy atom. The average molecular weight is 411 g/mol. The minimum Gasteiger partial charge on any atom is -0.483 e. The summed E-state index contributed by atoms with van der Waals surface area (Å²) in [5.74, 6) is 1.45. The molecule has 0 unspecified atom stereocenters. The smallest absolute Gasteiger partial charge is 0.260 e. The molecule has 0 bridgehead atoms. The van der Waals surface area contributed by atoms with Crippen LogP contribution < -0.4 is 4.74 Å². The summed E-state index contributed by atoms with van der Waals surface area (Å²) in [6.07, 6.45) is 0.667. The summed E-state index contributed by atoms with van der Waals surface area (Å²) in [6, 6.07) is 11.5. The molecule has 0 N–H and O–H groups in total. The van der Waals surface area contributed by atoms with Crippen LogP contribution in [0.15, 0.2) is 40.9 Å². The summed E-state index contributed by atoms with van der Waals surface area (Å²) in [5.41, 5.74) is 6.02. The molecule has 1 aliphatic rings. The molecule has 1 aromatic heterocycles. The van der Waals surface area contributed by atoms with Crippen molar-refractivity contribution < 1.29 is 14.1 Å². The average Bonchev–Trinajstić information content (AvgIpc) is 3.14. The van der Waals surface area contributed by atoms with E-state index < -0.39 is 0 Å². The minimum absolute atomic E-state index is 0.0159. The lowest BCUT2D eigenvalue weighted by atomic mass is 10.0.